The highest BCUT2D eigenvalue weighted by atomic mass is 16.5. The summed E-state index contributed by atoms with van der Waals surface area (Å²) < 4.78 is 5.67. The first kappa shape index (κ1) is 24.1. The zero-order valence-corrected chi connectivity index (χ0v) is 20.5. The van der Waals surface area contributed by atoms with Crippen molar-refractivity contribution in [2.45, 2.75) is 44.4 Å². The Morgan fingerprint density at radius 1 is 1.11 bits per heavy atom. The second-order valence-electron chi connectivity index (χ2n) is 9.42. The Labute approximate surface area is 211 Å². The number of carbonyl (C=O) groups excluding carboxylic acids is 3. The predicted octanol–water partition coefficient (Wildman–Crippen LogP) is 2.78. The van der Waals surface area contributed by atoms with Crippen molar-refractivity contribution in [2.24, 2.45) is 0 Å². The molecule has 2 N–H and O–H groups in total. The van der Waals surface area contributed by atoms with Gasteiger partial charge in [0.15, 0.2) is 0 Å². The van der Waals surface area contributed by atoms with Gasteiger partial charge in [0.05, 0.1) is 30.0 Å². The third kappa shape index (κ3) is 4.73. The molecule has 1 fully saturated rings. The molecule has 0 unspecified atom stereocenters. The fourth-order valence-corrected chi connectivity index (χ4v) is 5.31. The van der Waals surface area contributed by atoms with E-state index in [0.29, 0.717) is 37.4 Å². The number of urea groups is 1. The first-order chi connectivity index (χ1) is 17.6. The van der Waals surface area contributed by atoms with Gasteiger partial charge in [0.25, 0.3) is 5.91 Å². The number of benzene rings is 2. The van der Waals surface area contributed by atoms with Crippen LogP contribution in [0.15, 0.2) is 71.9 Å². The maximum absolute atomic E-state index is 14.0. The fourth-order valence-electron chi connectivity index (χ4n) is 5.31. The minimum atomic E-state index is -0.711. The van der Waals surface area contributed by atoms with Crippen molar-refractivity contribution in [1.82, 2.24) is 20.4 Å². The van der Waals surface area contributed by atoms with Crippen molar-refractivity contribution < 1.29 is 19.1 Å². The lowest BCUT2D eigenvalue weighted by atomic mass is 9.95. The van der Waals surface area contributed by atoms with E-state index >= 15 is 0 Å². The zero-order valence-electron chi connectivity index (χ0n) is 20.5. The van der Waals surface area contributed by atoms with Crippen LogP contribution < -0.4 is 10.6 Å². The molecule has 2 aromatic rings. The Bertz CT molecular complexity index is 1140. The molecule has 0 aliphatic carbocycles. The van der Waals surface area contributed by atoms with Crippen molar-refractivity contribution in [3.8, 4) is 0 Å². The third-order valence-electron chi connectivity index (χ3n) is 7.18. The maximum atomic E-state index is 14.0. The van der Waals surface area contributed by atoms with E-state index in [9.17, 15) is 14.4 Å². The number of amides is 4. The average molecular weight is 489 g/mol. The van der Waals surface area contributed by atoms with E-state index in [1.54, 1.807) is 9.80 Å². The van der Waals surface area contributed by atoms with Gasteiger partial charge in [0, 0.05) is 26.1 Å². The topological polar surface area (TPSA) is 91.0 Å². The molecule has 3 atom stereocenters. The van der Waals surface area contributed by atoms with Crippen LogP contribution in [0.1, 0.15) is 36.9 Å². The first-order valence-electron chi connectivity index (χ1n) is 12.7. The summed E-state index contributed by atoms with van der Waals surface area (Å²) in [6, 6.07) is 17.7. The van der Waals surface area contributed by atoms with Gasteiger partial charge >= 0.3 is 6.03 Å². The van der Waals surface area contributed by atoms with Crippen molar-refractivity contribution in [3.63, 3.8) is 0 Å². The largest absolute Gasteiger partial charge is 0.376 e. The van der Waals surface area contributed by atoms with Gasteiger partial charge in [-0.3, -0.25) is 14.5 Å². The van der Waals surface area contributed by atoms with Crippen LogP contribution in [0, 0.1) is 0 Å². The average Bonchev–Trinajstić information content (AvgIpc) is 3.55. The van der Waals surface area contributed by atoms with E-state index < -0.39 is 12.1 Å². The highest BCUT2D eigenvalue weighted by Crippen LogP contribution is 2.37. The van der Waals surface area contributed by atoms with Crippen molar-refractivity contribution >= 4 is 17.8 Å². The molecule has 36 heavy (non-hydrogen) atoms. The second-order valence-corrected chi connectivity index (χ2v) is 9.42. The van der Waals surface area contributed by atoms with Crippen molar-refractivity contribution in [1.29, 1.82) is 0 Å². The van der Waals surface area contributed by atoms with Crippen LogP contribution in [0.5, 0.6) is 0 Å². The Morgan fingerprint density at radius 2 is 1.83 bits per heavy atom. The highest BCUT2D eigenvalue weighted by molar-refractivity contribution is 6.03. The lowest BCUT2D eigenvalue weighted by Gasteiger charge is -2.32. The Hall–Kier alpha value is -3.65. The molecule has 0 spiro atoms. The van der Waals surface area contributed by atoms with Gasteiger partial charge in [-0.2, -0.15) is 0 Å². The minimum Gasteiger partial charge on any atom is -0.376 e. The molecule has 3 aliphatic rings. The van der Waals surface area contributed by atoms with E-state index in [-0.39, 0.29) is 30.5 Å². The standard InChI is InChI=1S/C28H32N4O4/c1-2-31-23-18-32(27(34)24(23)25(30-28(31)35)20-12-7-4-8-13-20)22(16-19-10-5-3-6-11-19)26(33)29-17-21-14-9-15-36-21/h3-8,10-13,21-22,25H,2,9,14-18H2,1H3,(H,29,33)(H,30,35)/t21-,22-,25-/m1/s1. The monoisotopic (exact) mass is 488 g/mol. The van der Waals surface area contributed by atoms with Gasteiger partial charge in [-0.05, 0) is 30.9 Å². The van der Waals surface area contributed by atoms with Gasteiger partial charge in [0.1, 0.15) is 6.04 Å². The zero-order chi connectivity index (χ0) is 25.1. The van der Waals surface area contributed by atoms with Gasteiger partial charge in [-0.1, -0.05) is 60.7 Å². The van der Waals surface area contributed by atoms with Crippen LogP contribution in [0.2, 0.25) is 0 Å². The van der Waals surface area contributed by atoms with Gasteiger partial charge in [-0.15, -0.1) is 0 Å². The van der Waals surface area contributed by atoms with Crippen LogP contribution in [-0.4, -0.2) is 66.0 Å². The number of hydrogen-bond acceptors (Lipinski definition) is 4. The van der Waals surface area contributed by atoms with Gasteiger partial charge in [0.2, 0.25) is 5.91 Å². The number of nitrogens with one attached hydrogen (secondary N) is 2. The van der Waals surface area contributed by atoms with Crippen LogP contribution in [-0.2, 0) is 20.7 Å². The van der Waals surface area contributed by atoms with Crippen LogP contribution in [0.3, 0.4) is 0 Å². The number of nitrogens with zero attached hydrogens (tertiary/aromatic N) is 2. The molecular formula is C28H32N4O4. The number of hydrogen-bond donors (Lipinski definition) is 2. The summed E-state index contributed by atoms with van der Waals surface area (Å²) in [6.45, 7) is 3.67. The van der Waals surface area contributed by atoms with Crippen LogP contribution >= 0.6 is 0 Å². The van der Waals surface area contributed by atoms with Crippen LogP contribution in [0.25, 0.3) is 0 Å². The normalized spacial score (nSPS) is 22.5. The summed E-state index contributed by atoms with van der Waals surface area (Å²) in [4.78, 5) is 43.7. The lowest BCUT2D eigenvalue weighted by Crippen LogP contribution is -2.51. The minimum absolute atomic E-state index is 0.00630. The summed E-state index contributed by atoms with van der Waals surface area (Å²) in [7, 11) is 0. The Kier molecular flexibility index (Phi) is 7.04. The summed E-state index contributed by atoms with van der Waals surface area (Å²) >= 11 is 0. The number of rotatable bonds is 8. The van der Waals surface area contributed by atoms with E-state index in [1.165, 1.54) is 0 Å². The summed E-state index contributed by atoms with van der Waals surface area (Å²) in [5.41, 5.74) is 3.01. The summed E-state index contributed by atoms with van der Waals surface area (Å²) in [5.74, 6) is -0.424. The smallest absolute Gasteiger partial charge is 0.322 e. The summed E-state index contributed by atoms with van der Waals surface area (Å²) in [5, 5.41) is 6.03. The molecule has 3 heterocycles. The molecule has 0 saturated carbocycles. The molecule has 4 amide bonds. The second kappa shape index (κ2) is 10.5. The molecule has 8 heteroatoms. The molecular weight excluding hydrogens is 456 g/mol. The Balaban J connectivity index is 1.45. The third-order valence-corrected chi connectivity index (χ3v) is 7.18. The first-order valence-corrected chi connectivity index (χ1v) is 12.7. The van der Waals surface area contributed by atoms with E-state index in [2.05, 4.69) is 10.6 Å². The number of likely N-dealkylation sites (N-methyl/N-ethyl adjacent to an activating group) is 1. The maximum Gasteiger partial charge on any atom is 0.322 e. The van der Waals surface area contributed by atoms with E-state index in [1.807, 2.05) is 67.6 Å². The molecule has 5 rings (SSSR count). The number of carbonyl (C=O) groups is 3. The quantitative estimate of drug-likeness (QED) is 0.598. The predicted molar refractivity (Wildman–Crippen MR) is 135 cm³/mol. The molecule has 188 valence electrons. The SMILES string of the molecule is CCN1C(=O)N[C@H](c2ccccc2)C2=C1CN([C@H](Cc1ccccc1)C(=O)NC[C@H]1CCCO1)C2=O. The molecule has 0 aromatic heterocycles. The molecule has 1 saturated heterocycles. The highest BCUT2D eigenvalue weighted by Gasteiger charge is 2.46. The van der Waals surface area contributed by atoms with Gasteiger partial charge < -0.3 is 20.3 Å². The van der Waals surface area contributed by atoms with Gasteiger partial charge in [-0.25, -0.2) is 4.79 Å². The number of ether oxygens (including phenoxy) is 1. The molecule has 0 radical (unpaired) electrons. The summed E-state index contributed by atoms with van der Waals surface area (Å²) in [6.07, 6.45) is 2.30. The van der Waals surface area contributed by atoms with Crippen molar-refractivity contribution in [3.05, 3.63) is 83.1 Å². The Morgan fingerprint density at radius 3 is 2.50 bits per heavy atom. The fraction of sp³-hybridized carbons (Fsp3) is 0.393. The lowest BCUT2D eigenvalue weighted by molar-refractivity contribution is -0.136. The molecule has 2 aromatic carbocycles. The molecule has 0 bridgehead atoms. The molecule has 3 aliphatic heterocycles. The van der Waals surface area contributed by atoms with Crippen LogP contribution in [0.4, 0.5) is 4.79 Å². The van der Waals surface area contributed by atoms with E-state index in [0.717, 1.165) is 24.0 Å². The molecule has 8 nitrogen and oxygen atoms in total. The van der Waals surface area contributed by atoms with Crippen molar-refractivity contribution in [2.75, 3.05) is 26.2 Å². The van der Waals surface area contributed by atoms with E-state index in [4.69, 9.17) is 4.74 Å².